The normalized spacial score (nSPS) is 20.1. The minimum atomic E-state index is -0.142. The molecule has 0 saturated heterocycles. The molecule has 0 radical (unpaired) electrons. The molecule has 0 spiro atoms. The maximum Gasteiger partial charge on any atom is 0.162 e. The van der Waals surface area contributed by atoms with Gasteiger partial charge in [0.1, 0.15) is 0 Å². The second-order valence-electron chi connectivity index (χ2n) is 8.67. The monoisotopic (exact) mass is 447 g/mol. The van der Waals surface area contributed by atoms with Crippen molar-refractivity contribution in [1.82, 2.24) is 10.2 Å². The molecule has 2 N–H and O–H groups in total. The van der Waals surface area contributed by atoms with Gasteiger partial charge in [-0.3, -0.25) is 9.89 Å². The Kier molecular flexibility index (Phi) is 4.24. The fraction of sp³-hybridized carbons (Fsp3) is 0.250. The van der Waals surface area contributed by atoms with Crippen molar-refractivity contribution in [3.8, 4) is 11.3 Å². The molecule has 1 atom stereocenters. The van der Waals surface area contributed by atoms with Gasteiger partial charge in [-0.2, -0.15) is 5.10 Å². The summed E-state index contributed by atoms with van der Waals surface area (Å²) in [5.74, 6) is 0.897. The highest BCUT2D eigenvalue weighted by atomic mass is 79.9. The van der Waals surface area contributed by atoms with Crippen LogP contribution in [0.5, 0.6) is 0 Å². The lowest BCUT2D eigenvalue weighted by Crippen LogP contribution is -2.33. The first-order valence-corrected chi connectivity index (χ1v) is 10.6. The Morgan fingerprint density at radius 3 is 2.62 bits per heavy atom. The highest BCUT2D eigenvalue weighted by Crippen LogP contribution is 2.51. The number of nitrogens with one attached hydrogen (secondary N) is 2. The molecule has 1 aliphatic heterocycles. The third-order valence-corrected chi connectivity index (χ3v) is 6.31. The number of benzene rings is 2. The molecule has 3 aromatic rings. The van der Waals surface area contributed by atoms with Gasteiger partial charge < -0.3 is 5.32 Å². The van der Waals surface area contributed by atoms with E-state index >= 15 is 0 Å². The zero-order valence-electron chi connectivity index (χ0n) is 16.4. The molecule has 4 nitrogen and oxygen atoms in total. The summed E-state index contributed by atoms with van der Waals surface area (Å²) in [6.07, 6.45) is 1.40. The molecule has 2 aliphatic rings. The van der Waals surface area contributed by atoms with E-state index in [4.69, 9.17) is 0 Å². The summed E-state index contributed by atoms with van der Waals surface area (Å²) in [5.41, 5.74) is 6.00. The Labute approximate surface area is 178 Å². The lowest BCUT2D eigenvalue weighted by molar-refractivity contribution is -0.118. The number of aromatic nitrogens is 2. The summed E-state index contributed by atoms with van der Waals surface area (Å²) in [4.78, 5) is 13.4. The van der Waals surface area contributed by atoms with Crippen LogP contribution < -0.4 is 5.32 Å². The summed E-state index contributed by atoms with van der Waals surface area (Å²) in [6, 6.07) is 18.4. The third kappa shape index (κ3) is 3.14. The van der Waals surface area contributed by atoms with Crippen LogP contribution in [0.1, 0.15) is 43.7 Å². The number of nitrogens with zero attached hydrogens (tertiary/aromatic N) is 1. The summed E-state index contributed by atoms with van der Waals surface area (Å²) >= 11 is 3.60. The van der Waals surface area contributed by atoms with Crippen LogP contribution in [-0.2, 0) is 4.79 Å². The summed E-state index contributed by atoms with van der Waals surface area (Å²) in [5, 5.41) is 11.3. The van der Waals surface area contributed by atoms with Gasteiger partial charge in [0.05, 0.1) is 5.69 Å². The number of aromatic amines is 1. The van der Waals surface area contributed by atoms with Gasteiger partial charge in [-0.25, -0.2) is 0 Å². The lowest BCUT2D eigenvalue weighted by atomic mass is 9.69. The van der Waals surface area contributed by atoms with Crippen LogP contribution in [0.25, 0.3) is 11.3 Å². The predicted octanol–water partition coefficient (Wildman–Crippen LogP) is 6.04. The van der Waals surface area contributed by atoms with Crippen LogP contribution in [0.3, 0.4) is 0 Å². The maximum absolute atomic E-state index is 13.4. The van der Waals surface area contributed by atoms with Gasteiger partial charge in [0.15, 0.2) is 11.6 Å². The number of fused-ring (bicyclic) bond motifs is 1. The highest BCUT2D eigenvalue weighted by Gasteiger charge is 2.42. The molecule has 0 saturated carbocycles. The topological polar surface area (TPSA) is 57.8 Å². The minimum Gasteiger partial charge on any atom is -0.342 e. The lowest BCUT2D eigenvalue weighted by Gasteiger charge is -2.38. The van der Waals surface area contributed by atoms with Gasteiger partial charge in [-0.1, -0.05) is 72.2 Å². The second-order valence-corrected chi connectivity index (χ2v) is 9.59. The van der Waals surface area contributed by atoms with Gasteiger partial charge in [-0.05, 0) is 35.1 Å². The number of halogens is 1. The van der Waals surface area contributed by atoms with Crippen molar-refractivity contribution in [1.29, 1.82) is 0 Å². The molecule has 1 aliphatic carbocycles. The van der Waals surface area contributed by atoms with Gasteiger partial charge >= 0.3 is 0 Å². The van der Waals surface area contributed by atoms with Crippen molar-refractivity contribution >= 4 is 27.5 Å². The van der Waals surface area contributed by atoms with E-state index in [1.54, 1.807) is 0 Å². The molecule has 5 heteroatoms. The van der Waals surface area contributed by atoms with E-state index in [0.717, 1.165) is 50.4 Å². The molecule has 1 aromatic heterocycles. The molecule has 29 heavy (non-hydrogen) atoms. The first-order valence-electron chi connectivity index (χ1n) is 9.85. The number of allylic oxidation sites excluding steroid dienone is 2. The molecule has 0 fully saturated rings. The SMILES string of the molecule is CC1(C)CC(=O)C2=C(C1)Nc1n[nH]c(-c3ccccc3)c1C2c1cccc(Br)c1. The fourth-order valence-electron chi connectivity index (χ4n) is 4.64. The number of carbonyl (C=O) groups is 1. The Morgan fingerprint density at radius 1 is 1.07 bits per heavy atom. The van der Waals surface area contributed by atoms with E-state index in [-0.39, 0.29) is 17.1 Å². The van der Waals surface area contributed by atoms with E-state index < -0.39 is 0 Å². The van der Waals surface area contributed by atoms with Gasteiger partial charge in [0.2, 0.25) is 0 Å². The molecule has 0 bridgehead atoms. The molecule has 0 amide bonds. The molecule has 2 aromatic carbocycles. The summed E-state index contributed by atoms with van der Waals surface area (Å²) in [6.45, 7) is 4.31. The molecular formula is C24H22BrN3O. The predicted molar refractivity (Wildman–Crippen MR) is 119 cm³/mol. The van der Waals surface area contributed by atoms with E-state index in [1.165, 1.54) is 0 Å². The zero-order chi connectivity index (χ0) is 20.2. The molecule has 5 rings (SSSR count). The first-order chi connectivity index (χ1) is 13.9. The van der Waals surface area contributed by atoms with Crippen LogP contribution >= 0.6 is 15.9 Å². The van der Waals surface area contributed by atoms with Crippen LogP contribution in [0, 0.1) is 5.41 Å². The number of rotatable bonds is 2. The smallest absolute Gasteiger partial charge is 0.162 e. The van der Waals surface area contributed by atoms with Crippen molar-refractivity contribution in [2.24, 2.45) is 5.41 Å². The van der Waals surface area contributed by atoms with Gasteiger partial charge in [-0.15, -0.1) is 0 Å². The largest absolute Gasteiger partial charge is 0.342 e. The van der Waals surface area contributed by atoms with Crippen molar-refractivity contribution < 1.29 is 4.79 Å². The van der Waals surface area contributed by atoms with E-state index in [1.807, 2.05) is 30.3 Å². The zero-order valence-corrected chi connectivity index (χ0v) is 18.0. The Hall–Kier alpha value is -2.66. The fourth-order valence-corrected chi connectivity index (χ4v) is 5.06. The molecular weight excluding hydrogens is 426 g/mol. The second kappa shape index (κ2) is 6.70. The van der Waals surface area contributed by atoms with Crippen molar-refractivity contribution in [3.05, 3.63) is 81.5 Å². The number of Topliss-reactive ketones (excluding diaryl/α,β-unsaturated/α-hetero) is 1. The molecule has 1 unspecified atom stereocenters. The summed E-state index contributed by atoms with van der Waals surface area (Å²) < 4.78 is 1.01. The Bertz CT molecular complexity index is 1140. The number of anilines is 1. The standard InChI is InChI=1S/C24H22BrN3O/c1-24(2)12-17-20(18(29)13-24)19(15-9-6-10-16(25)11-15)21-22(27-28-23(21)26-17)14-7-4-3-5-8-14/h3-11,19H,12-13H2,1-2H3,(H2,26,27,28). The minimum absolute atomic E-state index is 0.0548. The Morgan fingerprint density at radius 2 is 1.86 bits per heavy atom. The van der Waals surface area contributed by atoms with Crippen molar-refractivity contribution in [2.45, 2.75) is 32.6 Å². The highest BCUT2D eigenvalue weighted by molar-refractivity contribution is 9.10. The van der Waals surface area contributed by atoms with E-state index in [9.17, 15) is 4.79 Å². The number of ketones is 1. The van der Waals surface area contributed by atoms with Crippen LogP contribution in [0.2, 0.25) is 0 Å². The van der Waals surface area contributed by atoms with Crippen molar-refractivity contribution in [2.75, 3.05) is 5.32 Å². The van der Waals surface area contributed by atoms with Crippen LogP contribution in [0.15, 0.2) is 70.3 Å². The maximum atomic E-state index is 13.4. The van der Waals surface area contributed by atoms with Gasteiger partial charge in [0, 0.05) is 33.6 Å². The third-order valence-electron chi connectivity index (χ3n) is 5.82. The Balaban J connectivity index is 1.76. The van der Waals surface area contributed by atoms with Gasteiger partial charge in [0.25, 0.3) is 0 Å². The van der Waals surface area contributed by atoms with E-state index in [2.05, 4.69) is 69.6 Å². The number of hydrogen-bond acceptors (Lipinski definition) is 3. The summed E-state index contributed by atoms with van der Waals surface area (Å²) in [7, 11) is 0. The molecule has 146 valence electrons. The first kappa shape index (κ1) is 18.4. The number of H-pyrrole nitrogens is 1. The van der Waals surface area contributed by atoms with Crippen LogP contribution in [0.4, 0.5) is 5.82 Å². The number of carbonyl (C=O) groups excluding carboxylic acids is 1. The van der Waals surface area contributed by atoms with Crippen molar-refractivity contribution in [3.63, 3.8) is 0 Å². The average molecular weight is 448 g/mol. The van der Waals surface area contributed by atoms with Crippen LogP contribution in [-0.4, -0.2) is 16.0 Å². The molecule has 2 heterocycles. The number of hydrogen-bond donors (Lipinski definition) is 2. The quantitative estimate of drug-likeness (QED) is 0.503. The van der Waals surface area contributed by atoms with E-state index in [0.29, 0.717) is 6.42 Å². The average Bonchev–Trinajstić information content (AvgIpc) is 3.09.